The number of aryl methyl sites for hydroxylation is 1. The number of hydrogen-bond acceptors (Lipinski definition) is 6. The number of carbonyl (C=O) groups excluding carboxylic acids is 1. The summed E-state index contributed by atoms with van der Waals surface area (Å²) < 4.78 is 28.6. The Morgan fingerprint density at radius 1 is 1.67 bits per heavy atom. The van der Waals surface area contributed by atoms with Crippen LogP contribution in [0.1, 0.15) is 23.7 Å². The summed E-state index contributed by atoms with van der Waals surface area (Å²) >= 11 is 0. The lowest BCUT2D eigenvalue weighted by Gasteiger charge is -2.05. The number of hydrogen-bond donors (Lipinski definition) is 1. The van der Waals surface area contributed by atoms with Crippen LogP contribution in [0.4, 0.5) is 0 Å². The van der Waals surface area contributed by atoms with Gasteiger partial charge in [-0.05, 0) is 6.92 Å². The van der Waals surface area contributed by atoms with E-state index in [1.807, 2.05) is 6.07 Å². The second kappa shape index (κ2) is 5.61. The van der Waals surface area contributed by atoms with E-state index in [4.69, 9.17) is 15.1 Å². The molecular formula is C9H12N4O4S. The van der Waals surface area contributed by atoms with Crippen LogP contribution in [0.15, 0.2) is 11.2 Å². The molecule has 0 aliphatic carbocycles. The average Bonchev–Trinajstić information content (AvgIpc) is 2.70. The molecule has 0 unspecified atom stereocenters. The minimum absolute atomic E-state index is 0.0294. The van der Waals surface area contributed by atoms with Gasteiger partial charge < -0.3 is 4.74 Å². The van der Waals surface area contributed by atoms with Gasteiger partial charge in [0, 0.05) is 0 Å². The molecule has 0 spiro atoms. The van der Waals surface area contributed by atoms with Crippen LogP contribution in [-0.2, 0) is 21.3 Å². The Hall–Kier alpha value is -1.92. The smallest absolute Gasteiger partial charge is 0.342 e. The molecule has 8 nitrogen and oxygen atoms in total. The summed E-state index contributed by atoms with van der Waals surface area (Å²) in [6.07, 6.45) is 1.11. The molecular weight excluding hydrogens is 260 g/mol. The molecule has 0 aromatic carbocycles. The number of ether oxygens (including phenoxy) is 1. The maximum atomic E-state index is 11.5. The van der Waals surface area contributed by atoms with Crippen molar-refractivity contribution < 1.29 is 17.9 Å². The van der Waals surface area contributed by atoms with E-state index in [2.05, 4.69) is 5.10 Å². The molecule has 0 saturated carbocycles. The number of carbonyl (C=O) groups is 1. The summed E-state index contributed by atoms with van der Waals surface area (Å²) in [5, 5.41) is 16.8. The van der Waals surface area contributed by atoms with E-state index in [9.17, 15) is 13.2 Å². The van der Waals surface area contributed by atoms with Crippen LogP contribution in [-0.4, -0.2) is 30.8 Å². The second-order valence-electron chi connectivity index (χ2n) is 3.26. The third-order valence-electron chi connectivity index (χ3n) is 1.99. The molecule has 0 aliphatic rings. The van der Waals surface area contributed by atoms with E-state index in [-0.39, 0.29) is 25.1 Å². The SMILES string of the molecule is CCOC(=O)c1cnn(CCC#N)c1S(N)(=O)=O. The van der Waals surface area contributed by atoms with E-state index in [0.717, 1.165) is 10.9 Å². The van der Waals surface area contributed by atoms with Gasteiger partial charge in [-0.25, -0.2) is 18.4 Å². The first-order chi connectivity index (χ1) is 8.41. The molecule has 0 radical (unpaired) electrons. The zero-order chi connectivity index (χ0) is 13.8. The van der Waals surface area contributed by atoms with Gasteiger partial charge in [0.15, 0.2) is 5.03 Å². The average molecular weight is 272 g/mol. The predicted molar refractivity (Wildman–Crippen MR) is 59.8 cm³/mol. The first-order valence-corrected chi connectivity index (χ1v) is 6.59. The van der Waals surface area contributed by atoms with Crippen LogP contribution in [0.25, 0.3) is 0 Å². The Balaban J connectivity index is 3.25. The van der Waals surface area contributed by atoms with Gasteiger partial charge in [-0.1, -0.05) is 0 Å². The van der Waals surface area contributed by atoms with Crippen LogP contribution >= 0.6 is 0 Å². The van der Waals surface area contributed by atoms with Gasteiger partial charge in [-0.3, -0.25) is 4.68 Å². The number of sulfonamides is 1. The quantitative estimate of drug-likeness (QED) is 0.727. The summed E-state index contributed by atoms with van der Waals surface area (Å²) in [6.45, 7) is 1.72. The second-order valence-corrected chi connectivity index (χ2v) is 4.74. The summed E-state index contributed by atoms with van der Waals surface area (Å²) in [5.41, 5.74) is -0.225. The molecule has 0 amide bonds. The zero-order valence-electron chi connectivity index (χ0n) is 9.66. The third-order valence-corrected chi connectivity index (χ3v) is 2.96. The monoisotopic (exact) mass is 272 g/mol. The van der Waals surface area contributed by atoms with Crippen LogP contribution in [0.3, 0.4) is 0 Å². The van der Waals surface area contributed by atoms with Crippen molar-refractivity contribution in [2.24, 2.45) is 5.14 Å². The van der Waals surface area contributed by atoms with E-state index >= 15 is 0 Å². The molecule has 0 atom stereocenters. The van der Waals surface area contributed by atoms with Crippen LogP contribution in [0, 0.1) is 11.3 Å². The normalized spacial score (nSPS) is 10.9. The van der Waals surface area contributed by atoms with Crippen molar-refractivity contribution >= 4 is 16.0 Å². The molecule has 0 bridgehead atoms. The maximum absolute atomic E-state index is 11.5. The molecule has 1 rings (SSSR count). The number of esters is 1. The Morgan fingerprint density at radius 2 is 2.33 bits per heavy atom. The van der Waals surface area contributed by atoms with Crippen molar-refractivity contribution in [2.75, 3.05) is 6.61 Å². The molecule has 0 fully saturated rings. The van der Waals surface area contributed by atoms with E-state index < -0.39 is 21.0 Å². The highest BCUT2D eigenvalue weighted by Gasteiger charge is 2.26. The fourth-order valence-corrected chi connectivity index (χ4v) is 2.21. The zero-order valence-corrected chi connectivity index (χ0v) is 10.5. The summed E-state index contributed by atoms with van der Waals surface area (Å²) in [4.78, 5) is 11.5. The number of nitriles is 1. The highest BCUT2D eigenvalue weighted by Crippen LogP contribution is 2.15. The molecule has 1 aromatic heterocycles. The van der Waals surface area contributed by atoms with Crippen LogP contribution in [0.5, 0.6) is 0 Å². The molecule has 0 aliphatic heterocycles. The molecule has 2 N–H and O–H groups in total. The Kier molecular flexibility index (Phi) is 4.41. The molecule has 9 heteroatoms. The van der Waals surface area contributed by atoms with E-state index in [1.54, 1.807) is 6.92 Å². The number of nitrogens with zero attached hydrogens (tertiary/aromatic N) is 3. The van der Waals surface area contributed by atoms with E-state index in [1.165, 1.54) is 0 Å². The molecule has 18 heavy (non-hydrogen) atoms. The van der Waals surface area contributed by atoms with Gasteiger partial charge in [0.1, 0.15) is 5.56 Å². The van der Waals surface area contributed by atoms with Crippen molar-refractivity contribution in [3.63, 3.8) is 0 Å². The lowest BCUT2D eigenvalue weighted by Crippen LogP contribution is -2.21. The number of rotatable bonds is 5. The highest BCUT2D eigenvalue weighted by molar-refractivity contribution is 7.89. The largest absolute Gasteiger partial charge is 0.462 e. The first-order valence-electron chi connectivity index (χ1n) is 5.04. The van der Waals surface area contributed by atoms with Crippen molar-refractivity contribution in [2.45, 2.75) is 24.9 Å². The van der Waals surface area contributed by atoms with Gasteiger partial charge >= 0.3 is 5.97 Å². The summed E-state index contributed by atoms with van der Waals surface area (Å²) in [6, 6.07) is 1.85. The fourth-order valence-electron chi connectivity index (χ4n) is 1.34. The van der Waals surface area contributed by atoms with Crippen molar-refractivity contribution in [1.82, 2.24) is 9.78 Å². The van der Waals surface area contributed by atoms with Crippen LogP contribution < -0.4 is 5.14 Å². The van der Waals surface area contributed by atoms with Crippen molar-refractivity contribution in [3.8, 4) is 6.07 Å². The Labute approximate surface area is 104 Å². The van der Waals surface area contributed by atoms with Crippen molar-refractivity contribution in [1.29, 1.82) is 5.26 Å². The van der Waals surface area contributed by atoms with Gasteiger partial charge in [0.25, 0.3) is 10.0 Å². The summed E-state index contributed by atoms with van der Waals surface area (Å²) in [7, 11) is -4.12. The molecule has 1 aromatic rings. The molecule has 0 saturated heterocycles. The first kappa shape index (κ1) is 14.1. The molecule has 1 heterocycles. The minimum Gasteiger partial charge on any atom is -0.462 e. The predicted octanol–water partition coefficient (Wildman–Crippen LogP) is -0.379. The van der Waals surface area contributed by atoms with Gasteiger partial charge in [-0.2, -0.15) is 10.4 Å². The molecule has 98 valence electrons. The minimum atomic E-state index is -4.12. The highest BCUT2D eigenvalue weighted by atomic mass is 32.2. The third kappa shape index (κ3) is 3.06. The summed E-state index contributed by atoms with van der Waals surface area (Å²) in [5.74, 6) is -0.815. The van der Waals surface area contributed by atoms with Crippen LogP contribution in [0.2, 0.25) is 0 Å². The number of primary sulfonamides is 1. The fraction of sp³-hybridized carbons (Fsp3) is 0.444. The van der Waals surface area contributed by atoms with Gasteiger partial charge in [0.05, 0.1) is 31.8 Å². The van der Waals surface area contributed by atoms with Gasteiger partial charge in [0.2, 0.25) is 0 Å². The Morgan fingerprint density at radius 3 is 2.83 bits per heavy atom. The lowest BCUT2D eigenvalue weighted by molar-refractivity contribution is 0.0521. The standard InChI is InChI=1S/C9H12N4O4S/c1-2-17-9(14)7-6-12-13(5-3-4-10)8(7)18(11,15)16/h6H,2-3,5H2,1H3,(H2,11,15,16). The number of nitrogens with two attached hydrogens (primary N) is 1. The van der Waals surface area contributed by atoms with E-state index in [0.29, 0.717) is 0 Å². The Bertz CT molecular complexity index is 584. The topological polar surface area (TPSA) is 128 Å². The van der Waals surface area contributed by atoms with Crippen molar-refractivity contribution in [3.05, 3.63) is 11.8 Å². The number of aromatic nitrogens is 2. The maximum Gasteiger partial charge on any atom is 0.342 e. The van der Waals surface area contributed by atoms with Gasteiger partial charge in [-0.15, -0.1) is 0 Å². The lowest BCUT2D eigenvalue weighted by atomic mass is 10.4.